The summed E-state index contributed by atoms with van der Waals surface area (Å²) in [6, 6.07) is 8.48. The second kappa shape index (κ2) is 7.09. The van der Waals surface area contributed by atoms with Gasteiger partial charge in [0.25, 0.3) is 0 Å². The van der Waals surface area contributed by atoms with Crippen LogP contribution in [0, 0.1) is 13.8 Å². The molecule has 2 N–H and O–H groups in total. The molecule has 0 aliphatic carbocycles. The van der Waals surface area contributed by atoms with Gasteiger partial charge >= 0.3 is 0 Å². The molecule has 1 saturated heterocycles. The van der Waals surface area contributed by atoms with Crippen LogP contribution in [0.4, 0.5) is 5.82 Å². The molecule has 3 heterocycles. The molecule has 0 amide bonds. The van der Waals surface area contributed by atoms with Gasteiger partial charge in [0.1, 0.15) is 11.6 Å². The van der Waals surface area contributed by atoms with Crippen LogP contribution in [0.15, 0.2) is 45.9 Å². The fraction of sp³-hybridized carbons (Fsp3) is 0.250. The summed E-state index contributed by atoms with van der Waals surface area (Å²) in [7, 11) is -3.75. The molecular weight excluding hydrogens is 392 g/mol. The second-order valence-electron chi connectivity index (χ2n) is 7.09. The normalized spacial score (nSPS) is 15.2. The van der Waals surface area contributed by atoms with Crippen LogP contribution in [0.1, 0.15) is 17.7 Å². The first-order chi connectivity index (χ1) is 13.8. The Kier molecular flexibility index (Phi) is 4.71. The van der Waals surface area contributed by atoms with Crippen LogP contribution in [-0.4, -0.2) is 41.7 Å². The van der Waals surface area contributed by atoms with Gasteiger partial charge in [0.2, 0.25) is 10.0 Å². The predicted molar refractivity (Wildman–Crippen MR) is 107 cm³/mol. The number of rotatable bonds is 4. The van der Waals surface area contributed by atoms with Crippen LogP contribution in [0.25, 0.3) is 22.5 Å². The first kappa shape index (κ1) is 19.3. The van der Waals surface area contributed by atoms with Crippen molar-refractivity contribution in [2.45, 2.75) is 25.2 Å². The van der Waals surface area contributed by atoms with Crippen molar-refractivity contribution in [3.8, 4) is 22.5 Å². The molecule has 0 spiro atoms. The largest absolute Gasteiger partial charge is 0.383 e. The summed E-state index contributed by atoms with van der Waals surface area (Å²) >= 11 is 0. The van der Waals surface area contributed by atoms with E-state index < -0.39 is 10.0 Å². The first-order valence-corrected chi connectivity index (χ1v) is 10.5. The molecule has 0 saturated carbocycles. The van der Waals surface area contributed by atoms with Crippen molar-refractivity contribution in [1.29, 1.82) is 0 Å². The molecule has 2 aromatic heterocycles. The van der Waals surface area contributed by atoms with Crippen LogP contribution in [0.3, 0.4) is 0 Å². The minimum absolute atomic E-state index is 0.0735. The monoisotopic (exact) mass is 412 g/mol. The Morgan fingerprint density at radius 3 is 2.59 bits per heavy atom. The van der Waals surface area contributed by atoms with Gasteiger partial charge in [-0.1, -0.05) is 11.2 Å². The van der Waals surface area contributed by atoms with Crippen LogP contribution in [-0.2, 0) is 14.8 Å². The topological polar surface area (TPSA) is 119 Å². The van der Waals surface area contributed by atoms with Crippen LogP contribution in [0.2, 0.25) is 0 Å². The van der Waals surface area contributed by atoms with Crippen molar-refractivity contribution in [3.63, 3.8) is 0 Å². The number of carbonyl (C=O) groups excluding carboxylic acids is 1. The third kappa shape index (κ3) is 3.54. The fourth-order valence-electron chi connectivity index (χ4n) is 3.34. The standard InChI is InChI=1S/C20H20N4O4S/c1-12-3-4-16(29(26,27)24-6-5-15(25)11-24)9-17(12)14-8-18(20(21)22-10-14)19-7-13(2)23-28-19/h3-4,7-10H,5-6,11H2,1-2H3,(H2,21,22). The van der Waals surface area contributed by atoms with E-state index >= 15 is 0 Å². The van der Waals surface area contributed by atoms with Gasteiger partial charge in [-0.3, -0.25) is 4.79 Å². The van der Waals surface area contributed by atoms with E-state index in [1.807, 2.05) is 13.8 Å². The lowest BCUT2D eigenvalue weighted by molar-refractivity contribution is -0.116. The van der Waals surface area contributed by atoms with E-state index in [-0.39, 0.29) is 30.2 Å². The number of carbonyl (C=O) groups is 1. The van der Waals surface area contributed by atoms with E-state index in [1.165, 1.54) is 4.31 Å². The Balaban J connectivity index is 1.78. The molecule has 1 aliphatic heterocycles. The highest BCUT2D eigenvalue weighted by Crippen LogP contribution is 2.33. The highest BCUT2D eigenvalue weighted by Gasteiger charge is 2.31. The molecule has 1 fully saturated rings. The number of hydrogen-bond donors (Lipinski definition) is 1. The summed E-state index contributed by atoms with van der Waals surface area (Å²) in [5.74, 6) is 0.712. The lowest BCUT2D eigenvalue weighted by Gasteiger charge is -2.16. The van der Waals surface area contributed by atoms with Gasteiger partial charge in [-0.05, 0) is 43.2 Å². The number of aryl methyl sites for hydroxylation is 2. The average Bonchev–Trinajstić information content (AvgIpc) is 3.31. The predicted octanol–water partition coefficient (Wildman–Crippen LogP) is 2.57. The molecule has 4 rings (SSSR count). The van der Waals surface area contributed by atoms with E-state index in [9.17, 15) is 13.2 Å². The Labute approximate surface area is 168 Å². The van der Waals surface area contributed by atoms with Crippen molar-refractivity contribution in [3.05, 3.63) is 47.8 Å². The van der Waals surface area contributed by atoms with Crippen molar-refractivity contribution in [1.82, 2.24) is 14.4 Å². The summed E-state index contributed by atoms with van der Waals surface area (Å²) in [6.07, 6.45) is 1.85. The maximum atomic E-state index is 12.9. The maximum Gasteiger partial charge on any atom is 0.243 e. The first-order valence-electron chi connectivity index (χ1n) is 9.08. The minimum atomic E-state index is -3.75. The number of benzene rings is 1. The molecule has 1 aliphatic rings. The Morgan fingerprint density at radius 1 is 1.14 bits per heavy atom. The number of nitrogens with two attached hydrogens (primary N) is 1. The van der Waals surface area contributed by atoms with Gasteiger partial charge in [-0.2, -0.15) is 4.31 Å². The number of sulfonamides is 1. The summed E-state index contributed by atoms with van der Waals surface area (Å²) in [6.45, 7) is 3.83. The van der Waals surface area contributed by atoms with Gasteiger partial charge in [0.05, 0.1) is 22.7 Å². The van der Waals surface area contributed by atoms with Crippen molar-refractivity contribution in [2.24, 2.45) is 0 Å². The van der Waals surface area contributed by atoms with Crippen LogP contribution >= 0.6 is 0 Å². The number of anilines is 1. The minimum Gasteiger partial charge on any atom is -0.383 e. The zero-order chi connectivity index (χ0) is 20.8. The quantitative estimate of drug-likeness (QED) is 0.699. The molecule has 8 nitrogen and oxygen atoms in total. The molecule has 0 atom stereocenters. The Bertz CT molecular complexity index is 1220. The highest BCUT2D eigenvalue weighted by atomic mass is 32.2. The summed E-state index contributed by atoms with van der Waals surface area (Å²) < 4.78 is 32.4. The maximum absolute atomic E-state index is 12.9. The third-order valence-corrected chi connectivity index (χ3v) is 6.80. The number of pyridine rings is 1. The van der Waals surface area contributed by atoms with E-state index in [0.29, 0.717) is 34.0 Å². The smallest absolute Gasteiger partial charge is 0.243 e. The zero-order valence-corrected chi connectivity index (χ0v) is 16.9. The molecule has 0 bridgehead atoms. The number of nitrogen functional groups attached to an aromatic ring is 1. The van der Waals surface area contributed by atoms with Crippen LogP contribution < -0.4 is 5.73 Å². The van der Waals surface area contributed by atoms with Gasteiger partial charge in [0, 0.05) is 30.8 Å². The van der Waals surface area contributed by atoms with Crippen LogP contribution in [0.5, 0.6) is 0 Å². The van der Waals surface area contributed by atoms with E-state index in [2.05, 4.69) is 10.1 Å². The third-order valence-electron chi connectivity index (χ3n) is 4.96. The number of ketones is 1. The molecule has 3 aromatic rings. The molecule has 9 heteroatoms. The SMILES string of the molecule is Cc1cc(-c2cc(-c3cc(S(=O)(=O)N4CCC(=O)C4)ccc3C)cnc2N)on1. The molecular formula is C20H20N4O4S. The van der Waals surface area contributed by atoms with Crippen molar-refractivity contribution >= 4 is 21.6 Å². The lowest BCUT2D eigenvalue weighted by atomic mass is 10.00. The van der Waals surface area contributed by atoms with Crippen molar-refractivity contribution < 1.29 is 17.7 Å². The van der Waals surface area contributed by atoms with E-state index in [4.69, 9.17) is 10.3 Å². The van der Waals surface area contributed by atoms with E-state index in [1.54, 1.807) is 36.5 Å². The number of nitrogens with zero attached hydrogens (tertiary/aromatic N) is 3. The molecule has 0 unspecified atom stereocenters. The number of aromatic nitrogens is 2. The molecule has 1 aromatic carbocycles. The Morgan fingerprint density at radius 2 is 1.93 bits per heavy atom. The zero-order valence-electron chi connectivity index (χ0n) is 16.0. The number of Topliss-reactive ketones (excluding diaryl/α,β-unsaturated/α-hetero) is 1. The second-order valence-corrected chi connectivity index (χ2v) is 9.03. The average molecular weight is 412 g/mol. The van der Waals surface area contributed by atoms with Gasteiger partial charge in [-0.25, -0.2) is 13.4 Å². The lowest BCUT2D eigenvalue weighted by Crippen LogP contribution is -2.29. The fourth-order valence-corrected chi connectivity index (χ4v) is 4.79. The summed E-state index contributed by atoms with van der Waals surface area (Å²) in [4.78, 5) is 15.9. The Hall–Kier alpha value is -3.04. The summed E-state index contributed by atoms with van der Waals surface area (Å²) in [5.41, 5.74) is 9.61. The summed E-state index contributed by atoms with van der Waals surface area (Å²) in [5, 5.41) is 3.88. The van der Waals surface area contributed by atoms with Gasteiger partial charge < -0.3 is 10.3 Å². The van der Waals surface area contributed by atoms with Crippen molar-refractivity contribution in [2.75, 3.05) is 18.8 Å². The number of hydrogen-bond acceptors (Lipinski definition) is 7. The molecule has 29 heavy (non-hydrogen) atoms. The highest BCUT2D eigenvalue weighted by molar-refractivity contribution is 7.89. The molecule has 150 valence electrons. The van der Waals surface area contributed by atoms with E-state index in [0.717, 1.165) is 5.56 Å². The van der Waals surface area contributed by atoms with Gasteiger partial charge in [0.15, 0.2) is 5.76 Å². The molecule has 0 radical (unpaired) electrons. The van der Waals surface area contributed by atoms with Gasteiger partial charge in [-0.15, -0.1) is 0 Å².